The van der Waals surface area contributed by atoms with E-state index >= 15 is 0 Å². The van der Waals surface area contributed by atoms with Crippen molar-refractivity contribution in [3.8, 4) is 0 Å². The normalized spacial score (nSPS) is 11.2. The van der Waals surface area contributed by atoms with Crippen LogP contribution >= 0.6 is 11.8 Å². The highest BCUT2D eigenvalue weighted by Gasteiger charge is 2.29. The minimum Gasteiger partial charge on any atom is -0.325 e. The molecule has 2 rings (SSSR count). The number of anilines is 1. The Bertz CT molecular complexity index is 593. The second kappa shape index (κ2) is 6.14. The first-order valence-electron chi connectivity index (χ1n) is 6.55. The van der Waals surface area contributed by atoms with Gasteiger partial charge in [-0.2, -0.15) is 0 Å². The van der Waals surface area contributed by atoms with E-state index in [9.17, 15) is 4.79 Å². The molecule has 1 amide bonds. The summed E-state index contributed by atoms with van der Waals surface area (Å²) in [7, 11) is 0. The summed E-state index contributed by atoms with van der Waals surface area (Å²) in [4.78, 5) is 13.7. The summed E-state index contributed by atoms with van der Waals surface area (Å²) in [5, 5.41) is 3.00. The van der Waals surface area contributed by atoms with Crippen LogP contribution in [-0.2, 0) is 10.2 Å². The van der Waals surface area contributed by atoms with Crippen molar-refractivity contribution in [1.82, 2.24) is 0 Å². The molecule has 0 atom stereocenters. The highest BCUT2D eigenvalue weighted by atomic mass is 32.2. The van der Waals surface area contributed by atoms with Crippen molar-refractivity contribution < 1.29 is 4.79 Å². The fourth-order valence-electron chi connectivity index (χ4n) is 1.97. The molecule has 0 aromatic heterocycles. The van der Waals surface area contributed by atoms with Crippen LogP contribution in [-0.4, -0.2) is 12.2 Å². The van der Waals surface area contributed by atoms with Gasteiger partial charge >= 0.3 is 0 Å². The highest BCUT2D eigenvalue weighted by Crippen LogP contribution is 2.26. The molecule has 0 bridgehead atoms. The molecule has 3 heteroatoms. The zero-order valence-corrected chi connectivity index (χ0v) is 12.8. The lowest BCUT2D eigenvalue weighted by molar-refractivity contribution is -0.120. The van der Waals surface area contributed by atoms with Gasteiger partial charge in [-0.15, -0.1) is 11.8 Å². The number of nitrogens with one attached hydrogen (secondary N) is 1. The zero-order chi connectivity index (χ0) is 14.6. The molecule has 0 aliphatic heterocycles. The summed E-state index contributed by atoms with van der Waals surface area (Å²) >= 11 is 1.66. The third kappa shape index (κ3) is 3.23. The Labute approximate surface area is 124 Å². The van der Waals surface area contributed by atoms with Crippen LogP contribution in [0.25, 0.3) is 0 Å². The first-order chi connectivity index (χ1) is 9.54. The van der Waals surface area contributed by atoms with Gasteiger partial charge < -0.3 is 5.32 Å². The average molecular weight is 285 g/mol. The molecule has 20 heavy (non-hydrogen) atoms. The van der Waals surface area contributed by atoms with Gasteiger partial charge in [0.2, 0.25) is 5.91 Å². The zero-order valence-electron chi connectivity index (χ0n) is 12.0. The maximum absolute atomic E-state index is 12.5. The molecule has 0 aliphatic carbocycles. The molecular weight excluding hydrogens is 266 g/mol. The Balaban J connectivity index is 2.19. The van der Waals surface area contributed by atoms with Gasteiger partial charge in [0.05, 0.1) is 5.41 Å². The van der Waals surface area contributed by atoms with Crippen LogP contribution in [0, 0.1) is 0 Å². The molecule has 2 nitrogen and oxygen atoms in total. The maximum atomic E-state index is 12.5. The fraction of sp³-hybridized carbons (Fsp3) is 0.235. The quantitative estimate of drug-likeness (QED) is 0.847. The summed E-state index contributed by atoms with van der Waals surface area (Å²) < 4.78 is 0. The van der Waals surface area contributed by atoms with E-state index in [1.807, 2.05) is 74.7 Å². The Morgan fingerprint density at radius 1 is 1.05 bits per heavy atom. The van der Waals surface area contributed by atoms with Crippen LogP contribution in [0.1, 0.15) is 19.4 Å². The minimum atomic E-state index is -0.559. The monoisotopic (exact) mass is 285 g/mol. The first-order valence-corrected chi connectivity index (χ1v) is 7.77. The lowest BCUT2D eigenvalue weighted by Gasteiger charge is -2.24. The summed E-state index contributed by atoms with van der Waals surface area (Å²) in [6.45, 7) is 3.88. The molecular formula is C17H19NOS. The number of hydrogen-bond donors (Lipinski definition) is 1. The maximum Gasteiger partial charge on any atom is 0.234 e. The predicted octanol–water partition coefficient (Wildman–Crippen LogP) is 4.32. The predicted molar refractivity (Wildman–Crippen MR) is 86.3 cm³/mol. The molecule has 0 unspecified atom stereocenters. The number of carbonyl (C=O) groups is 1. The molecule has 0 saturated heterocycles. The Kier molecular flexibility index (Phi) is 4.50. The van der Waals surface area contributed by atoms with Crippen LogP contribution in [0.4, 0.5) is 5.69 Å². The SMILES string of the molecule is CSc1cccc(NC(=O)C(C)(C)c2ccccc2)c1. The third-order valence-electron chi connectivity index (χ3n) is 3.39. The van der Waals surface area contributed by atoms with E-state index in [4.69, 9.17) is 0 Å². The molecule has 2 aromatic rings. The first kappa shape index (κ1) is 14.7. The van der Waals surface area contributed by atoms with E-state index in [1.54, 1.807) is 11.8 Å². The van der Waals surface area contributed by atoms with Gasteiger partial charge in [-0.3, -0.25) is 4.79 Å². The van der Waals surface area contributed by atoms with E-state index in [-0.39, 0.29) is 5.91 Å². The lowest BCUT2D eigenvalue weighted by atomic mass is 9.83. The van der Waals surface area contributed by atoms with Gasteiger partial charge in [-0.05, 0) is 43.9 Å². The second-order valence-electron chi connectivity index (χ2n) is 5.18. The largest absolute Gasteiger partial charge is 0.325 e. The van der Waals surface area contributed by atoms with Crippen molar-refractivity contribution in [2.45, 2.75) is 24.2 Å². The Morgan fingerprint density at radius 3 is 2.40 bits per heavy atom. The van der Waals surface area contributed by atoms with Crippen molar-refractivity contribution in [2.24, 2.45) is 0 Å². The van der Waals surface area contributed by atoms with Crippen molar-refractivity contribution in [1.29, 1.82) is 0 Å². The topological polar surface area (TPSA) is 29.1 Å². The number of amides is 1. The number of thioether (sulfide) groups is 1. The van der Waals surface area contributed by atoms with Gasteiger partial charge in [0, 0.05) is 10.6 Å². The second-order valence-corrected chi connectivity index (χ2v) is 6.06. The standard InChI is InChI=1S/C17H19NOS/c1-17(2,13-8-5-4-6-9-13)16(19)18-14-10-7-11-15(12-14)20-3/h4-12H,1-3H3,(H,18,19). The van der Waals surface area contributed by atoms with Crippen LogP contribution in [0.2, 0.25) is 0 Å². The highest BCUT2D eigenvalue weighted by molar-refractivity contribution is 7.98. The molecule has 0 saturated carbocycles. The third-order valence-corrected chi connectivity index (χ3v) is 4.12. The fourth-order valence-corrected chi connectivity index (χ4v) is 2.43. The summed E-state index contributed by atoms with van der Waals surface area (Å²) in [6, 6.07) is 17.7. The van der Waals surface area contributed by atoms with Crippen LogP contribution in [0.5, 0.6) is 0 Å². The Morgan fingerprint density at radius 2 is 1.75 bits per heavy atom. The molecule has 0 fully saturated rings. The summed E-state index contributed by atoms with van der Waals surface area (Å²) in [5.41, 5.74) is 1.29. The minimum absolute atomic E-state index is 0.00181. The van der Waals surface area contributed by atoms with Crippen LogP contribution in [0.15, 0.2) is 59.5 Å². The van der Waals surface area contributed by atoms with E-state index in [2.05, 4.69) is 5.32 Å². The van der Waals surface area contributed by atoms with Gasteiger partial charge in [-0.1, -0.05) is 36.4 Å². The van der Waals surface area contributed by atoms with Gasteiger partial charge in [0.15, 0.2) is 0 Å². The van der Waals surface area contributed by atoms with Crippen molar-refractivity contribution in [3.05, 3.63) is 60.2 Å². The van der Waals surface area contributed by atoms with E-state index in [0.29, 0.717) is 0 Å². The average Bonchev–Trinajstić information content (AvgIpc) is 2.48. The van der Waals surface area contributed by atoms with Crippen LogP contribution < -0.4 is 5.32 Å². The molecule has 104 valence electrons. The number of carbonyl (C=O) groups excluding carboxylic acids is 1. The number of hydrogen-bond acceptors (Lipinski definition) is 2. The van der Waals surface area contributed by atoms with Crippen molar-refractivity contribution >= 4 is 23.4 Å². The van der Waals surface area contributed by atoms with Crippen LogP contribution in [0.3, 0.4) is 0 Å². The van der Waals surface area contributed by atoms with Gasteiger partial charge in [0.25, 0.3) is 0 Å². The molecule has 0 radical (unpaired) electrons. The lowest BCUT2D eigenvalue weighted by Crippen LogP contribution is -2.34. The van der Waals surface area contributed by atoms with E-state index < -0.39 is 5.41 Å². The summed E-state index contributed by atoms with van der Waals surface area (Å²) in [5.74, 6) is 0.00181. The van der Waals surface area contributed by atoms with Gasteiger partial charge in [-0.25, -0.2) is 0 Å². The van der Waals surface area contributed by atoms with Crippen molar-refractivity contribution in [2.75, 3.05) is 11.6 Å². The number of rotatable bonds is 4. The molecule has 0 heterocycles. The molecule has 2 aromatic carbocycles. The number of benzene rings is 2. The molecule has 0 spiro atoms. The Hall–Kier alpha value is -1.74. The molecule has 0 aliphatic rings. The van der Waals surface area contributed by atoms with E-state index in [0.717, 1.165) is 16.1 Å². The molecule has 1 N–H and O–H groups in total. The van der Waals surface area contributed by atoms with E-state index in [1.165, 1.54) is 0 Å². The van der Waals surface area contributed by atoms with Crippen molar-refractivity contribution in [3.63, 3.8) is 0 Å². The van der Waals surface area contributed by atoms with Gasteiger partial charge in [0.1, 0.15) is 0 Å². The smallest absolute Gasteiger partial charge is 0.234 e. The summed E-state index contributed by atoms with van der Waals surface area (Å²) in [6.07, 6.45) is 2.02.